The van der Waals surface area contributed by atoms with Gasteiger partial charge in [-0.2, -0.15) is 0 Å². The van der Waals surface area contributed by atoms with E-state index in [2.05, 4.69) is 0 Å². The summed E-state index contributed by atoms with van der Waals surface area (Å²) in [6.45, 7) is 0. The van der Waals surface area contributed by atoms with Crippen LogP contribution < -0.4 is 4.90 Å². The molecule has 3 nitrogen and oxygen atoms in total. The van der Waals surface area contributed by atoms with Gasteiger partial charge < -0.3 is 13.7 Å². The highest BCUT2D eigenvalue weighted by Crippen LogP contribution is 2.42. The van der Waals surface area contributed by atoms with Gasteiger partial charge in [-0.1, -0.05) is 109 Å². The lowest BCUT2D eigenvalue weighted by Crippen LogP contribution is -2.09. The Labute approximate surface area is 323 Å². The predicted octanol–water partition coefficient (Wildman–Crippen LogP) is 13.4. The molecule has 230 valence electrons. The molecule has 0 spiro atoms. The molecule has 0 saturated heterocycles. The average molecular weight is 657 g/mol. The first-order chi connectivity index (χ1) is 36.4. The van der Waals surface area contributed by atoms with E-state index in [9.17, 15) is 13.7 Å². The van der Waals surface area contributed by atoms with Crippen LogP contribution in [-0.2, 0) is 0 Å². The Bertz CT molecular complexity index is 4420. The fourth-order valence-electron chi connectivity index (χ4n) is 5.38. The van der Waals surface area contributed by atoms with Gasteiger partial charge >= 0.3 is 0 Å². The zero-order valence-electron chi connectivity index (χ0n) is 53.3. The van der Waals surface area contributed by atoms with E-state index < -0.39 is 269 Å². The van der Waals surface area contributed by atoms with Crippen molar-refractivity contribution in [2.75, 3.05) is 4.90 Å². The largest absolute Gasteiger partial charge is 0.456 e. The fraction of sp³-hybridized carbons (Fsp3) is 0. The first-order valence-electron chi connectivity index (χ1n) is 28.7. The van der Waals surface area contributed by atoms with Crippen LogP contribution in [0.1, 0.15) is 39.8 Å². The number of furan rings is 2. The highest BCUT2D eigenvalue weighted by Gasteiger charge is 2.17. The van der Waals surface area contributed by atoms with Crippen molar-refractivity contribution >= 4 is 71.7 Å². The standard InChI is InChI=1S/C46H29NO2/c1-3-11-31(12-4-1)41-29-42-39-25-21-32(27-44(39)49-46(42)40-17-8-7-15-36(40)41)30-19-22-34(23-20-30)47(33-13-5-2-6-14-33)35-24-26-38-37-16-9-10-18-43(37)48-45(38)28-35/h1-29H/i1D,2D,3D,4D,5D,6D,7D,8D,9D,10D,11D,12D,13D,14D,15D,16D,17D,18D,19D,20D,21D,22D,23D,24D,25D,26D,27D,28D,29D. The van der Waals surface area contributed by atoms with Crippen LogP contribution in [0.25, 0.3) is 76.9 Å². The molecule has 0 fully saturated rings. The van der Waals surface area contributed by atoms with Crippen molar-refractivity contribution in [3.05, 3.63) is 175 Å². The topological polar surface area (TPSA) is 29.5 Å². The Hall–Kier alpha value is -6.58. The second-order valence-electron chi connectivity index (χ2n) is 10.3. The third-order valence-electron chi connectivity index (χ3n) is 7.52. The zero-order valence-corrected chi connectivity index (χ0v) is 24.3. The maximum absolute atomic E-state index is 9.54. The number of benzene rings is 8. The number of anilines is 3. The summed E-state index contributed by atoms with van der Waals surface area (Å²) in [7, 11) is 0. The second-order valence-corrected chi connectivity index (χ2v) is 10.3. The normalized spacial score (nSPS) is 20.0. The quantitative estimate of drug-likeness (QED) is 0.185. The lowest BCUT2D eigenvalue weighted by atomic mass is 9.95. The minimum Gasteiger partial charge on any atom is -0.456 e. The molecule has 0 amide bonds. The smallest absolute Gasteiger partial charge is 0.143 e. The molecule has 0 unspecified atom stereocenters. The number of rotatable bonds is 5. The Morgan fingerprint density at radius 3 is 1.73 bits per heavy atom. The monoisotopic (exact) mass is 656 g/mol. The number of hydrogen-bond donors (Lipinski definition) is 0. The maximum atomic E-state index is 9.54. The fourth-order valence-corrected chi connectivity index (χ4v) is 5.38. The van der Waals surface area contributed by atoms with E-state index in [0.29, 0.717) is 4.90 Å². The molecule has 0 atom stereocenters. The number of para-hydroxylation sites is 2. The molecule has 0 saturated carbocycles. The Morgan fingerprint density at radius 2 is 0.918 bits per heavy atom. The number of fused-ring (bicyclic) bond motifs is 8. The highest BCUT2D eigenvalue weighted by molar-refractivity contribution is 6.19. The van der Waals surface area contributed by atoms with E-state index in [4.69, 9.17) is 34.9 Å². The van der Waals surface area contributed by atoms with Crippen LogP contribution in [0.2, 0.25) is 0 Å². The van der Waals surface area contributed by atoms with Crippen molar-refractivity contribution in [1.82, 2.24) is 0 Å². The third-order valence-corrected chi connectivity index (χ3v) is 7.52. The minimum atomic E-state index is -1.21. The third kappa shape index (κ3) is 4.51. The molecule has 0 aliphatic carbocycles. The van der Waals surface area contributed by atoms with Crippen molar-refractivity contribution in [3.63, 3.8) is 0 Å². The first-order valence-corrected chi connectivity index (χ1v) is 14.2. The van der Waals surface area contributed by atoms with Gasteiger partial charge in [-0.15, -0.1) is 0 Å². The van der Waals surface area contributed by atoms with Crippen LogP contribution in [0.5, 0.6) is 0 Å². The van der Waals surface area contributed by atoms with Crippen molar-refractivity contribution in [2.24, 2.45) is 0 Å². The minimum absolute atomic E-state index is 0.420. The average Bonchev–Trinajstić information content (AvgIpc) is 4.20. The molecule has 8 aromatic carbocycles. The SMILES string of the molecule is [2H]c1c([2H])c([2H])c(-c2c([2H])c3c(oc4c([2H])c(-c5c([2H])c([2H])c(N(c6c([2H])c([2H])c([2H])c([2H])c6[2H])c6c([2H])c([2H])c7c(oc8c([2H])c([2H])c([2H])c([2H])c87)c6[2H])c([2H])c5[2H])c([2H])c([2H])c43)c3c([2H])c([2H])c([2H])c([2H])c23)c([2H])c1[2H]. The van der Waals surface area contributed by atoms with Crippen LogP contribution >= 0.6 is 0 Å². The molecule has 0 aliphatic heterocycles. The summed E-state index contributed by atoms with van der Waals surface area (Å²) < 4.78 is 269. The van der Waals surface area contributed by atoms with E-state index in [0.717, 1.165) is 0 Å². The zero-order chi connectivity index (χ0) is 57.5. The van der Waals surface area contributed by atoms with Gasteiger partial charge in [0.05, 0.1) is 39.8 Å². The molecule has 3 heteroatoms. The molecule has 0 bridgehead atoms. The van der Waals surface area contributed by atoms with Gasteiger partial charge in [0.2, 0.25) is 0 Å². The van der Waals surface area contributed by atoms with Gasteiger partial charge in [0.1, 0.15) is 22.3 Å². The maximum Gasteiger partial charge on any atom is 0.143 e. The summed E-state index contributed by atoms with van der Waals surface area (Å²) in [6.07, 6.45) is 0. The number of nitrogens with zero attached hydrogens (tertiary/aromatic N) is 1. The molecule has 0 radical (unpaired) electrons. The van der Waals surface area contributed by atoms with Crippen molar-refractivity contribution < 1.29 is 48.6 Å². The highest BCUT2D eigenvalue weighted by atomic mass is 16.3. The molecule has 0 aliphatic rings. The summed E-state index contributed by atoms with van der Waals surface area (Å²) in [4.78, 5) is 0.423. The van der Waals surface area contributed by atoms with Gasteiger partial charge in [-0.05, 0) is 88.1 Å². The van der Waals surface area contributed by atoms with Crippen molar-refractivity contribution in [3.8, 4) is 22.3 Å². The Balaban J connectivity index is 1.32. The van der Waals surface area contributed by atoms with Crippen LogP contribution in [0.4, 0.5) is 17.1 Å². The summed E-state index contributed by atoms with van der Waals surface area (Å²) in [5.74, 6) is 0. The first kappa shape index (κ1) is 11.3. The van der Waals surface area contributed by atoms with Crippen LogP contribution in [-0.4, -0.2) is 0 Å². The van der Waals surface area contributed by atoms with Crippen molar-refractivity contribution in [2.45, 2.75) is 0 Å². The van der Waals surface area contributed by atoms with Crippen LogP contribution in [0.15, 0.2) is 184 Å². The predicted molar refractivity (Wildman–Crippen MR) is 204 cm³/mol. The lowest BCUT2D eigenvalue weighted by Gasteiger charge is -2.25. The van der Waals surface area contributed by atoms with E-state index in [1.807, 2.05) is 0 Å². The van der Waals surface area contributed by atoms with Gasteiger partial charge in [0.25, 0.3) is 0 Å². The van der Waals surface area contributed by atoms with Crippen molar-refractivity contribution in [1.29, 1.82) is 0 Å². The molecule has 10 rings (SSSR count). The second kappa shape index (κ2) is 11.0. The van der Waals surface area contributed by atoms with E-state index in [1.54, 1.807) is 0 Å². The summed E-state index contributed by atoms with van der Waals surface area (Å²) in [5, 5.41) is -3.11. The molecule has 2 aromatic heterocycles. The van der Waals surface area contributed by atoms with E-state index in [1.165, 1.54) is 0 Å². The molecule has 49 heavy (non-hydrogen) atoms. The summed E-state index contributed by atoms with van der Waals surface area (Å²) >= 11 is 0. The van der Waals surface area contributed by atoms with Gasteiger partial charge in [-0.25, -0.2) is 0 Å². The van der Waals surface area contributed by atoms with Gasteiger partial charge in [0, 0.05) is 50.0 Å². The molecule has 10 aromatic rings. The lowest BCUT2D eigenvalue weighted by molar-refractivity contribution is 0.669. The Morgan fingerprint density at radius 1 is 0.347 bits per heavy atom. The molecular weight excluding hydrogens is 599 g/mol. The molecular formula is C46H29NO2. The Kier molecular flexibility index (Phi) is 2.53. The van der Waals surface area contributed by atoms with Gasteiger partial charge in [0.15, 0.2) is 0 Å². The number of hydrogen-bond acceptors (Lipinski definition) is 3. The molecule has 2 heterocycles. The van der Waals surface area contributed by atoms with Crippen LogP contribution in [0, 0.1) is 0 Å². The van der Waals surface area contributed by atoms with E-state index >= 15 is 0 Å². The summed E-state index contributed by atoms with van der Waals surface area (Å²) in [6, 6.07) is -27.4. The van der Waals surface area contributed by atoms with Crippen LogP contribution in [0.3, 0.4) is 0 Å². The summed E-state index contributed by atoms with van der Waals surface area (Å²) in [5.41, 5.74) is -8.66. The molecule has 0 N–H and O–H groups in total. The van der Waals surface area contributed by atoms with Gasteiger partial charge in [-0.3, -0.25) is 0 Å². The van der Waals surface area contributed by atoms with E-state index in [-0.39, 0.29) is 0 Å².